The van der Waals surface area contributed by atoms with Gasteiger partial charge in [0.2, 0.25) is 0 Å². The van der Waals surface area contributed by atoms with Crippen molar-refractivity contribution in [1.82, 2.24) is 15.2 Å². The SMILES string of the molecule is CCC1(CO)CCN(C(=O)NCc2csc(N(C)C)n2)CC1. The van der Waals surface area contributed by atoms with Gasteiger partial charge in [-0.3, -0.25) is 0 Å². The fourth-order valence-corrected chi connectivity index (χ4v) is 3.43. The van der Waals surface area contributed by atoms with Gasteiger partial charge in [-0.25, -0.2) is 9.78 Å². The predicted octanol–water partition coefficient (Wildman–Crippen LogP) is 1.90. The number of nitrogens with zero attached hydrogens (tertiary/aromatic N) is 3. The first kappa shape index (κ1) is 17.0. The Balaban J connectivity index is 1.81. The second-order valence-electron chi connectivity index (χ2n) is 6.17. The Morgan fingerprint density at radius 1 is 1.50 bits per heavy atom. The molecule has 1 aromatic rings. The standard InChI is InChI=1S/C15H26N4O2S/c1-4-15(11-20)5-7-19(8-6-15)13(21)16-9-12-10-22-14(17-12)18(2)3/h10,20H,4-9,11H2,1-3H3,(H,16,21). The third-order valence-electron chi connectivity index (χ3n) is 4.54. The molecule has 0 spiro atoms. The van der Waals surface area contributed by atoms with Crippen LogP contribution in [0.15, 0.2) is 5.38 Å². The predicted molar refractivity (Wildman–Crippen MR) is 89.3 cm³/mol. The van der Waals surface area contributed by atoms with E-state index in [-0.39, 0.29) is 18.1 Å². The second-order valence-corrected chi connectivity index (χ2v) is 7.01. The molecule has 1 aliphatic rings. The number of likely N-dealkylation sites (tertiary alicyclic amines) is 1. The van der Waals surface area contributed by atoms with E-state index in [0.29, 0.717) is 19.6 Å². The third kappa shape index (κ3) is 3.89. The van der Waals surface area contributed by atoms with Crippen LogP contribution >= 0.6 is 11.3 Å². The molecule has 0 aromatic carbocycles. The molecule has 6 nitrogen and oxygen atoms in total. The van der Waals surface area contributed by atoms with Gasteiger partial charge in [0.25, 0.3) is 0 Å². The van der Waals surface area contributed by atoms with Crippen LogP contribution in [0.2, 0.25) is 0 Å². The molecule has 7 heteroatoms. The Bertz CT molecular complexity index is 489. The van der Waals surface area contributed by atoms with E-state index in [0.717, 1.165) is 30.1 Å². The summed E-state index contributed by atoms with van der Waals surface area (Å²) in [5.74, 6) is 0. The van der Waals surface area contributed by atoms with Crippen molar-refractivity contribution < 1.29 is 9.90 Å². The van der Waals surface area contributed by atoms with Crippen molar-refractivity contribution in [3.63, 3.8) is 0 Å². The lowest BCUT2D eigenvalue weighted by Gasteiger charge is -2.40. The van der Waals surface area contributed by atoms with Crippen LogP contribution in [0.25, 0.3) is 0 Å². The summed E-state index contributed by atoms with van der Waals surface area (Å²) in [5, 5.41) is 15.4. The minimum atomic E-state index is -0.0398. The number of amides is 2. The molecule has 0 unspecified atom stereocenters. The Kier molecular flexibility index (Phi) is 5.63. The van der Waals surface area contributed by atoms with E-state index in [4.69, 9.17) is 0 Å². The zero-order chi connectivity index (χ0) is 16.2. The number of piperidine rings is 1. The van der Waals surface area contributed by atoms with E-state index in [1.807, 2.05) is 29.3 Å². The molecule has 1 aromatic heterocycles. The van der Waals surface area contributed by atoms with Crippen LogP contribution < -0.4 is 10.2 Å². The Hall–Kier alpha value is -1.34. The highest BCUT2D eigenvalue weighted by atomic mass is 32.1. The maximum Gasteiger partial charge on any atom is 0.317 e. The van der Waals surface area contributed by atoms with E-state index in [1.54, 1.807) is 11.3 Å². The topological polar surface area (TPSA) is 68.7 Å². The minimum absolute atomic E-state index is 0.00626. The number of aliphatic hydroxyl groups excluding tert-OH is 1. The van der Waals surface area contributed by atoms with Crippen LogP contribution in [0.3, 0.4) is 0 Å². The van der Waals surface area contributed by atoms with E-state index in [9.17, 15) is 9.90 Å². The summed E-state index contributed by atoms with van der Waals surface area (Å²) in [4.78, 5) is 20.5. The smallest absolute Gasteiger partial charge is 0.317 e. The van der Waals surface area contributed by atoms with Gasteiger partial charge >= 0.3 is 6.03 Å². The van der Waals surface area contributed by atoms with E-state index in [1.165, 1.54) is 0 Å². The van der Waals surface area contributed by atoms with Crippen molar-refractivity contribution in [3.8, 4) is 0 Å². The Morgan fingerprint density at radius 3 is 2.68 bits per heavy atom. The maximum absolute atomic E-state index is 12.2. The van der Waals surface area contributed by atoms with Crippen molar-refractivity contribution in [1.29, 1.82) is 0 Å². The molecule has 2 amide bonds. The number of aliphatic hydroxyl groups is 1. The van der Waals surface area contributed by atoms with Crippen LogP contribution in [0.4, 0.5) is 9.93 Å². The molecule has 2 N–H and O–H groups in total. The number of hydrogen-bond acceptors (Lipinski definition) is 5. The molecule has 124 valence electrons. The van der Waals surface area contributed by atoms with Gasteiger partial charge in [-0.05, 0) is 24.7 Å². The third-order valence-corrected chi connectivity index (χ3v) is 5.60. The summed E-state index contributed by atoms with van der Waals surface area (Å²) in [6.07, 6.45) is 2.70. The molecule has 0 radical (unpaired) electrons. The molecule has 1 aliphatic heterocycles. The molecule has 1 fully saturated rings. The van der Waals surface area contributed by atoms with Gasteiger partial charge in [0, 0.05) is 39.2 Å². The molecular weight excluding hydrogens is 300 g/mol. The molecule has 22 heavy (non-hydrogen) atoms. The zero-order valence-corrected chi connectivity index (χ0v) is 14.4. The number of hydrogen-bond donors (Lipinski definition) is 2. The summed E-state index contributed by atoms with van der Waals surface area (Å²) in [6.45, 7) is 4.20. The lowest BCUT2D eigenvalue weighted by molar-refractivity contribution is 0.0519. The number of urea groups is 1. The number of nitrogens with one attached hydrogen (secondary N) is 1. The Morgan fingerprint density at radius 2 is 2.18 bits per heavy atom. The quantitative estimate of drug-likeness (QED) is 0.867. The van der Waals surface area contributed by atoms with Gasteiger partial charge in [-0.15, -0.1) is 11.3 Å². The van der Waals surface area contributed by atoms with E-state index >= 15 is 0 Å². The monoisotopic (exact) mass is 326 g/mol. The normalized spacial score (nSPS) is 17.4. The minimum Gasteiger partial charge on any atom is -0.396 e. The van der Waals surface area contributed by atoms with Crippen molar-refractivity contribution in [3.05, 3.63) is 11.1 Å². The van der Waals surface area contributed by atoms with Crippen molar-refractivity contribution in [2.75, 3.05) is 38.7 Å². The van der Waals surface area contributed by atoms with Gasteiger partial charge in [0.15, 0.2) is 5.13 Å². The number of carbonyl (C=O) groups is 1. The average molecular weight is 326 g/mol. The van der Waals surface area contributed by atoms with Crippen LogP contribution in [0.1, 0.15) is 31.9 Å². The second kappa shape index (κ2) is 7.28. The lowest BCUT2D eigenvalue weighted by atomic mass is 9.77. The average Bonchev–Trinajstić information content (AvgIpc) is 3.02. The van der Waals surface area contributed by atoms with Gasteiger partial charge in [0.1, 0.15) is 0 Å². The first-order valence-electron chi connectivity index (χ1n) is 7.75. The first-order valence-corrected chi connectivity index (χ1v) is 8.63. The van der Waals surface area contributed by atoms with Gasteiger partial charge in [0.05, 0.1) is 12.2 Å². The maximum atomic E-state index is 12.2. The summed E-state index contributed by atoms with van der Waals surface area (Å²) in [7, 11) is 3.91. The number of thiazole rings is 1. The molecule has 0 saturated carbocycles. The highest BCUT2D eigenvalue weighted by Gasteiger charge is 2.33. The lowest BCUT2D eigenvalue weighted by Crippen LogP contribution is -2.48. The number of rotatable bonds is 5. The highest BCUT2D eigenvalue weighted by molar-refractivity contribution is 7.13. The summed E-state index contributed by atoms with van der Waals surface area (Å²) < 4.78 is 0. The Labute approximate surface area is 136 Å². The van der Waals surface area contributed by atoms with E-state index < -0.39 is 0 Å². The van der Waals surface area contributed by atoms with Crippen LogP contribution in [0, 0.1) is 5.41 Å². The van der Waals surface area contributed by atoms with Crippen LogP contribution in [0.5, 0.6) is 0 Å². The number of anilines is 1. The van der Waals surface area contributed by atoms with Crippen LogP contribution in [-0.2, 0) is 6.54 Å². The van der Waals surface area contributed by atoms with Gasteiger partial charge in [-0.1, -0.05) is 6.92 Å². The fraction of sp³-hybridized carbons (Fsp3) is 0.733. The van der Waals surface area contributed by atoms with Crippen LogP contribution in [-0.4, -0.2) is 54.8 Å². The van der Waals surface area contributed by atoms with Crippen molar-refractivity contribution >= 4 is 22.5 Å². The molecule has 1 saturated heterocycles. The molecule has 0 aliphatic carbocycles. The fourth-order valence-electron chi connectivity index (χ4n) is 2.67. The number of carbonyl (C=O) groups excluding carboxylic acids is 1. The van der Waals surface area contributed by atoms with Gasteiger partial charge in [-0.2, -0.15) is 0 Å². The van der Waals surface area contributed by atoms with Gasteiger partial charge < -0.3 is 20.2 Å². The summed E-state index contributed by atoms with van der Waals surface area (Å²) in [6, 6.07) is -0.0398. The molecule has 2 heterocycles. The first-order chi connectivity index (χ1) is 10.5. The molecular formula is C15H26N4O2S. The van der Waals surface area contributed by atoms with Crippen molar-refractivity contribution in [2.24, 2.45) is 5.41 Å². The highest BCUT2D eigenvalue weighted by Crippen LogP contribution is 2.34. The molecule has 2 rings (SSSR count). The molecule has 0 bridgehead atoms. The summed E-state index contributed by atoms with van der Waals surface area (Å²) >= 11 is 1.57. The largest absolute Gasteiger partial charge is 0.396 e. The molecule has 0 atom stereocenters. The zero-order valence-electron chi connectivity index (χ0n) is 13.6. The number of aromatic nitrogens is 1. The van der Waals surface area contributed by atoms with Crippen molar-refractivity contribution in [2.45, 2.75) is 32.7 Å². The summed E-state index contributed by atoms with van der Waals surface area (Å²) in [5.41, 5.74) is 0.893. The van der Waals surface area contributed by atoms with E-state index in [2.05, 4.69) is 17.2 Å².